The molecule has 0 aliphatic heterocycles. The molecule has 35 heavy (non-hydrogen) atoms. The number of carbonyl (C=O) groups excluding carboxylic acids is 1. The van der Waals surface area contributed by atoms with Crippen molar-refractivity contribution < 1.29 is 9.53 Å². The number of nitrogens with one attached hydrogen (secondary N) is 1. The van der Waals surface area contributed by atoms with Crippen LogP contribution in [0.5, 0.6) is 5.75 Å². The predicted molar refractivity (Wildman–Crippen MR) is 139 cm³/mol. The first-order chi connectivity index (χ1) is 17.2. The summed E-state index contributed by atoms with van der Waals surface area (Å²) in [6.07, 6.45) is 1.70. The fourth-order valence-corrected chi connectivity index (χ4v) is 3.99. The third-order valence-corrected chi connectivity index (χ3v) is 5.80. The molecule has 5 aromatic rings. The highest BCUT2D eigenvalue weighted by molar-refractivity contribution is 6.31. The molecular formula is C29H22ClN3O2. The Labute approximate surface area is 208 Å². The lowest BCUT2D eigenvalue weighted by Crippen LogP contribution is -2.28. The van der Waals surface area contributed by atoms with Crippen molar-refractivity contribution in [2.45, 2.75) is 6.54 Å². The number of hydrogen-bond donors (Lipinski definition) is 1. The van der Waals surface area contributed by atoms with E-state index in [0.29, 0.717) is 17.3 Å². The molecule has 5 rings (SSSR count). The Balaban J connectivity index is 1.32. The van der Waals surface area contributed by atoms with Gasteiger partial charge in [-0.1, -0.05) is 48.0 Å². The Morgan fingerprint density at radius 2 is 1.66 bits per heavy atom. The molecule has 0 spiro atoms. The monoisotopic (exact) mass is 479 g/mol. The summed E-state index contributed by atoms with van der Waals surface area (Å²) in [6.45, 7) is 0.296. The molecule has 0 bridgehead atoms. The van der Waals surface area contributed by atoms with Crippen LogP contribution >= 0.6 is 11.6 Å². The van der Waals surface area contributed by atoms with Gasteiger partial charge in [-0.15, -0.1) is 0 Å². The Kier molecular flexibility index (Phi) is 6.68. The number of fused-ring (bicyclic) bond motifs is 1. The van der Waals surface area contributed by atoms with Gasteiger partial charge >= 0.3 is 0 Å². The van der Waals surface area contributed by atoms with Crippen LogP contribution in [0.15, 0.2) is 103 Å². The molecule has 2 aromatic heterocycles. The van der Waals surface area contributed by atoms with Crippen molar-refractivity contribution in [3.05, 3.63) is 114 Å². The van der Waals surface area contributed by atoms with Crippen molar-refractivity contribution in [2.75, 3.05) is 6.61 Å². The summed E-state index contributed by atoms with van der Waals surface area (Å²) >= 11 is 6.28. The Morgan fingerprint density at radius 3 is 2.43 bits per heavy atom. The zero-order chi connectivity index (χ0) is 24.0. The minimum Gasteiger partial charge on any atom is -0.484 e. The topological polar surface area (TPSA) is 64.1 Å². The molecule has 0 aliphatic rings. The van der Waals surface area contributed by atoms with Crippen molar-refractivity contribution in [2.24, 2.45) is 0 Å². The lowest BCUT2D eigenvalue weighted by molar-refractivity contribution is -0.123. The Morgan fingerprint density at radius 1 is 0.857 bits per heavy atom. The second-order valence-corrected chi connectivity index (χ2v) is 8.43. The van der Waals surface area contributed by atoms with Crippen molar-refractivity contribution >= 4 is 28.4 Å². The smallest absolute Gasteiger partial charge is 0.258 e. The molecule has 172 valence electrons. The molecule has 0 aliphatic carbocycles. The number of halogens is 1. The first kappa shape index (κ1) is 22.6. The number of aromatic nitrogens is 2. The van der Waals surface area contributed by atoms with Crippen LogP contribution in [0, 0.1) is 0 Å². The average Bonchev–Trinajstić information content (AvgIpc) is 2.91. The SMILES string of the molecule is O=C(COc1ccc(-c2cc(-c3ccccc3)c3cc(Cl)ccc3n2)cc1)NCc1ccccn1. The molecule has 3 aromatic carbocycles. The normalized spacial score (nSPS) is 10.8. The van der Waals surface area contributed by atoms with Gasteiger partial charge in [-0.2, -0.15) is 0 Å². The highest BCUT2D eigenvalue weighted by atomic mass is 35.5. The lowest BCUT2D eigenvalue weighted by atomic mass is 9.98. The molecule has 0 atom stereocenters. The summed E-state index contributed by atoms with van der Waals surface area (Å²) in [4.78, 5) is 21.2. The molecule has 0 fully saturated rings. The van der Waals surface area contributed by atoms with Crippen LogP contribution < -0.4 is 10.1 Å². The number of amides is 1. The summed E-state index contributed by atoms with van der Waals surface area (Å²) < 4.78 is 5.66. The number of carbonyl (C=O) groups is 1. The van der Waals surface area contributed by atoms with Gasteiger partial charge in [-0.3, -0.25) is 9.78 Å². The number of rotatable bonds is 7. The summed E-state index contributed by atoms with van der Waals surface area (Å²) in [5.41, 5.74) is 5.63. The Hall–Kier alpha value is -4.22. The van der Waals surface area contributed by atoms with Gasteiger partial charge in [-0.05, 0) is 71.8 Å². The second kappa shape index (κ2) is 10.4. The van der Waals surface area contributed by atoms with E-state index < -0.39 is 0 Å². The van der Waals surface area contributed by atoms with E-state index in [1.165, 1.54) is 0 Å². The third kappa shape index (κ3) is 5.48. The largest absolute Gasteiger partial charge is 0.484 e. The molecule has 1 amide bonds. The van der Waals surface area contributed by atoms with Crippen LogP contribution in [0.3, 0.4) is 0 Å². The van der Waals surface area contributed by atoms with Gasteiger partial charge in [0.2, 0.25) is 0 Å². The van der Waals surface area contributed by atoms with E-state index in [1.807, 2.05) is 78.9 Å². The molecule has 2 heterocycles. The van der Waals surface area contributed by atoms with Gasteiger partial charge < -0.3 is 10.1 Å². The molecule has 6 heteroatoms. The number of nitrogens with zero attached hydrogens (tertiary/aromatic N) is 2. The quantitative estimate of drug-likeness (QED) is 0.297. The van der Waals surface area contributed by atoms with E-state index in [9.17, 15) is 4.79 Å². The summed E-state index contributed by atoms with van der Waals surface area (Å²) in [7, 11) is 0. The van der Waals surface area contributed by atoms with E-state index in [-0.39, 0.29) is 12.5 Å². The predicted octanol–water partition coefficient (Wildman–Crippen LogP) is 6.31. The molecule has 0 unspecified atom stereocenters. The summed E-state index contributed by atoms with van der Waals surface area (Å²) in [5.74, 6) is 0.402. The summed E-state index contributed by atoms with van der Waals surface area (Å²) in [5, 5.41) is 4.48. The van der Waals surface area contributed by atoms with Crippen LogP contribution in [0.25, 0.3) is 33.3 Å². The summed E-state index contributed by atoms with van der Waals surface area (Å²) in [6, 6.07) is 31.2. The highest BCUT2D eigenvalue weighted by Gasteiger charge is 2.11. The van der Waals surface area contributed by atoms with Crippen LogP contribution in [-0.2, 0) is 11.3 Å². The number of pyridine rings is 2. The minimum atomic E-state index is -0.206. The number of ether oxygens (including phenoxy) is 1. The number of benzene rings is 3. The van der Waals surface area contributed by atoms with Crippen molar-refractivity contribution in [1.82, 2.24) is 15.3 Å². The molecule has 0 saturated heterocycles. The zero-order valence-corrected chi connectivity index (χ0v) is 19.6. The Bertz CT molecular complexity index is 1460. The fraction of sp³-hybridized carbons (Fsp3) is 0.0690. The van der Waals surface area contributed by atoms with Gasteiger partial charge in [0.1, 0.15) is 5.75 Å². The maximum atomic E-state index is 12.1. The van der Waals surface area contributed by atoms with E-state index in [0.717, 1.165) is 39.0 Å². The van der Waals surface area contributed by atoms with E-state index in [2.05, 4.69) is 28.5 Å². The highest BCUT2D eigenvalue weighted by Crippen LogP contribution is 2.33. The van der Waals surface area contributed by atoms with E-state index in [4.69, 9.17) is 21.3 Å². The first-order valence-corrected chi connectivity index (χ1v) is 11.6. The van der Waals surface area contributed by atoms with E-state index in [1.54, 1.807) is 6.20 Å². The van der Waals surface area contributed by atoms with Crippen LogP contribution in [0.4, 0.5) is 0 Å². The van der Waals surface area contributed by atoms with Crippen LogP contribution in [-0.4, -0.2) is 22.5 Å². The molecule has 5 nitrogen and oxygen atoms in total. The van der Waals surface area contributed by atoms with Gasteiger partial charge in [0.05, 0.1) is 23.4 Å². The molecule has 0 radical (unpaired) electrons. The minimum absolute atomic E-state index is 0.0701. The number of hydrogen-bond acceptors (Lipinski definition) is 4. The fourth-order valence-electron chi connectivity index (χ4n) is 3.82. The van der Waals surface area contributed by atoms with Crippen LogP contribution in [0.2, 0.25) is 5.02 Å². The maximum Gasteiger partial charge on any atom is 0.258 e. The first-order valence-electron chi connectivity index (χ1n) is 11.2. The van der Waals surface area contributed by atoms with Crippen LogP contribution in [0.1, 0.15) is 5.69 Å². The van der Waals surface area contributed by atoms with Crippen molar-refractivity contribution in [3.8, 4) is 28.1 Å². The zero-order valence-electron chi connectivity index (χ0n) is 18.8. The average molecular weight is 480 g/mol. The lowest BCUT2D eigenvalue weighted by Gasteiger charge is -2.12. The van der Waals surface area contributed by atoms with Gasteiger partial charge in [0.15, 0.2) is 6.61 Å². The molecule has 1 N–H and O–H groups in total. The van der Waals surface area contributed by atoms with Gasteiger partial charge in [0, 0.05) is 22.2 Å². The van der Waals surface area contributed by atoms with Gasteiger partial charge in [0.25, 0.3) is 5.91 Å². The maximum absolute atomic E-state index is 12.1. The molecule has 0 saturated carbocycles. The second-order valence-electron chi connectivity index (χ2n) is 7.99. The van der Waals surface area contributed by atoms with E-state index >= 15 is 0 Å². The standard InChI is InChI=1S/C29H22ClN3O2/c30-22-11-14-27-26(16-22)25(20-6-2-1-3-7-20)17-28(33-27)21-9-12-24(13-10-21)35-19-29(34)32-18-23-8-4-5-15-31-23/h1-17H,18-19H2,(H,32,34). The van der Waals surface area contributed by atoms with Crippen molar-refractivity contribution in [3.63, 3.8) is 0 Å². The molecular weight excluding hydrogens is 458 g/mol. The van der Waals surface area contributed by atoms with Crippen molar-refractivity contribution in [1.29, 1.82) is 0 Å². The third-order valence-electron chi connectivity index (χ3n) is 5.57. The van der Waals surface area contributed by atoms with Gasteiger partial charge in [-0.25, -0.2) is 4.98 Å².